The number of hydrogen-bond acceptors (Lipinski definition) is 2. The first-order chi connectivity index (χ1) is 4.93. The van der Waals surface area contributed by atoms with Crippen LogP contribution in [0.4, 0.5) is 0 Å². The summed E-state index contributed by atoms with van der Waals surface area (Å²) in [7, 11) is 0. The minimum Gasteiger partial charge on any atom is -0.378 e. The molecule has 0 aliphatic carbocycles. The van der Waals surface area contributed by atoms with Crippen LogP contribution in [0.3, 0.4) is 0 Å². The molecule has 1 radical (unpaired) electrons. The van der Waals surface area contributed by atoms with Crippen molar-refractivity contribution in [2.75, 3.05) is 0 Å². The third-order valence-corrected chi connectivity index (χ3v) is 0.947. The maximum Gasteiger partial charge on any atom is 0.209 e. The van der Waals surface area contributed by atoms with Crippen LogP contribution in [0.5, 0.6) is 5.75 Å². The zero-order valence-corrected chi connectivity index (χ0v) is 5.32. The van der Waals surface area contributed by atoms with E-state index in [1.807, 2.05) is 24.5 Å². The van der Waals surface area contributed by atoms with Gasteiger partial charge in [0.2, 0.25) is 6.34 Å². The van der Waals surface area contributed by atoms with E-state index >= 15 is 0 Å². The molecule has 0 spiro atoms. The summed E-state index contributed by atoms with van der Waals surface area (Å²) >= 11 is 0. The zero-order chi connectivity index (χ0) is 7.23. The van der Waals surface area contributed by atoms with E-state index < -0.39 is 0 Å². The number of nitrogens with zero attached hydrogens (tertiary/aromatic N) is 1. The third kappa shape index (κ3) is 1.78. The van der Waals surface area contributed by atoms with Gasteiger partial charge in [0.15, 0.2) is 5.75 Å². The molecule has 2 N–H and O–H groups in total. The van der Waals surface area contributed by atoms with Crippen molar-refractivity contribution in [1.29, 1.82) is 0 Å². The molecule has 10 heavy (non-hydrogen) atoms. The summed E-state index contributed by atoms with van der Waals surface area (Å²) in [5.41, 5.74) is 4.83. The lowest BCUT2D eigenvalue weighted by Crippen LogP contribution is -1.91. The van der Waals surface area contributed by atoms with Crippen molar-refractivity contribution in [3.05, 3.63) is 30.3 Å². The van der Waals surface area contributed by atoms with Gasteiger partial charge in [0.25, 0.3) is 0 Å². The van der Waals surface area contributed by atoms with Crippen molar-refractivity contribution in [3.8, 4) is 5.75 Å². The van der Waals surface area contributed by atoms with Gasteiger partial charge in [0, 0.05) is 0 Å². The molecule has 0 aliphatic heterocycles. The standard InChI is InChI=1S/C7H7N2O/c8-6-9-10-7-4-2-1-3-5-7/h1-5H,(H2,8,9). The summed E-state index contributed by atoms with van der Waals surface area (Å²) in [6.45, 7) is 0. The number of rotatable bonds is 2. The molecule has 51 valence electrons. The summed E-state index contributed by atoms with van der Waals surface area (Å²) in [6.07, 6.45) is 2.02. The quantitative estimate of drug-likeness (QED) is 0.283. The summed E-state index contributed by atoms with van der Waals surface area (Å²) < 4.78 is 0. The van der Waals surface area contributed by atoms with Gasteiger partial charge < -0.3 is 10.6 Å². The van der Waals surface area contributed by atoms with Crippen LogP contribution in [0.25, 0.3) is 0 Å². The first-order valence-corrected chi connectivity index (χ1v) is 2.81. The Labute approximate surface area is 59.1 Å². The molecule has 0 heterocycles. The Morgan fingerprint density at radius 2 is 2.00 bits per heavy atom. The van der Waals surface area contributed by atoms with Crippen LogP contribution in [0, 0.1) is 0 Å². The normalized spacial score (nSPS) is 10.0. The van der Waals surface area contributed by atoms with Crippen LogP contribution in [0.2, 0.25) is 0 Å². The van der Waals surface area contributed by atoms with E-state index in [0.717, 1.165) is 0 Å². The second kappa shape index (κ2) is 3.50. The topological polar surface area (TPSA) is 47.6 Å². The molecular formula is C7H7N2O. The lowest BCUT2D eigenvalue weighted by molar-refractivity contribution is 0.343. The van der Waals surface area contributed by atoms with Crippen molar-refractivity contribution < 1.29 is 4.84 Å². The molecule has 0 aromatic heterocycles. The molecule has 0 bridgehead atoms. The lowest BCUT2D eigenvalue weighted by atomic mass is 10.3. The fraction of sp³-hybridized carbons (Fsp3) is 0. The van der Waals surface area contributed by atoms with Crippen LogP contribution in [-0.4, -0.2) is 6.34 Å². The van der Waals surface area contributed by atoms with Gasteiger partial charge in [-0.1, -0.05) is 23.4 Å². The number of nitrogens with two attached hydrogens (primary N) is 1. The molecule has 3 heteroatoms. The Morgan fingerprint density at radius 1 is 1.30 bits per heavy atom. The monoisotopic (exact) mass is 135 g/mol. The maximum absolute atomic E-state index is 4.83. The largest absolute Gasteiger partial charge is 0.378 e. The number of hydrogen-bond donors (Lipinski definition) is 1. The summed E-state index contributed by atoms with van der Waals surface area (Å²) in [5, 5.41) is 3.27. The summed E-state index contributed by atoms with van der Waals surface area (Å²) in [4.78, 5) is 4.74. The second-order valence-electron chi connectivity index (χ2n) is 1.62. The van der Waals surface area contributed by atoms with E-state index in [1.54, 1.807) is 12.1 Å². The maximum atomic E-state index is 4.83. The molecule has 0 unspecified atom stereocenters. The van der Waals surface area contributed by atoms with Gasteiger partial charge in [-0.25, -0.2) is 0 Å². The Morgan fingerprint density at radius 3 is 2.60 bits per heavy atom. The zero-order valence-electron chi connectivity index (χ0n) is 5.32. The van der Waals surface area contributed by atoms with Crippen molar-refractivity contribution in [2.24, 2.45) is 10.9 Å². The predicted octanol–water partition coefficient (Wildman–Crippen LogP) is 0.844. The fourth-order valence-electron chi connectivity index (χ4n) is 0.560. The minimum absolute atomic E-state index is 0.653. The first kappa shape index (κ1) is 6.61. The Kier molecular flexibility index (Phi) is 2.31. The van der Waals surface area contributed by atoms with Crippen LogP contribution in [0.1, 0.15) is 0 Å². The highest BCUT2D eigenvalue weighted by Crippen LogP contribution is 2.07. The highest BCUT2D eigenvalue weighted by molar-refractivity contribution is 5.50. The van der Waals surface area contributed by atoms with Gasteiger partial charge in [-0.3, -0.25) is 0 Å². The first-order valence-electron chi connectivity index (χ1n) is 2.81. The molecule has 0 atom stereocenters. The molecule has 1 aromatic rings. The van der Waals surface area contributed by atoms with Gasteiger partial charge in [0.05, 0.1) is 0 Å². The average Bonchev–Trinajstić information content (AvgIpc) is 2.03. The molecule has 0 fully saturated rings. The van der Waals surface area contributed by atoms with Gasteiger partial charge in [0.1, 0.15) is 0 Å². The molecule has 3 nitrogen and oxygen atoms in total. The SMILES string of the molecule is N/[C]=N\Oc1ccccc1. The molecule has 0 aliphatic rings. The second-order valence-corrected chi connectivity index (χ2v) is 1.62. The van der Waals surface area contributed by atoms with Gasteiger partial charge in [-0.15, -0.1) is 0 Å². The van der Waals surface area contributed by atoms with Crippen molar-refractivity contribution in [1.82, 2.24) is 0 Å². The van der Waals surface area contributed by atoms with Gasteiger partial charge in [-0.05, 0) is 12.1 Å². The molecular weight excluding hydrogens is 128 g/mol. The van der Waals surface area contributed by atoms with Crippen molar-refractivity contribution >= 4 is 6.34 Å². The van der Waals surface area contributed by atoms with Gasteiger partial charge in [-0.2, -0.15) is 0 Å². The average molecular weight is 135 g/mol. The van der Waals surface area contributed by atoms with Crippen molar-refractivity contribution in [2.45, 2.75) is 0 Å². The summed E-state index contributed by atoms with van der Waals surface area (Å²) in [5.74, 6) is 0.653. The molecule has 0 saturated carbocycles. The highest BCUT2D eigenvalue weighted by atomic mass is 16.6. The fourth-order valence-corrected chi connectivity index (χ4v) is 0.560. The van der Waals surface area contributed by atoms with Crippen molar-refractivity contribution in [3.63, 3.8) is 0 Å². The Hall–Kier alpha value is -1.51. The highest BCUT2D eigenvalue weighted by Gasteiger charge is 1.85. The van der Waals surface area contributed by atoms with E-state index in [0.29, 0.717) is 5.75 Å². The Balaban J connectivity index is 2.59. The van der Waals surface area contributed by atoms with E-state index in [9.17, 15) is 0 Å². The number of benzene rings is 1. The minimum atomic E-state index is 0.653. The molecule has 0 saturated heterocycles. The van der Waals surface area contributed by atoms with Gasteiger partial charge >= 0.3 is 0 Å². The summed E-state index contributed by atoms with van der Waals surface area (Å²) in [6, 6.07) is 9.15. The molecule has 1 aromatic carbocycles. The Bertz CT molecular complexity index is 208. The van der Waals surface area contributed by atoms with Crippen LogP contribution < -0.4 is 10.6 Å². The smallest absolute Gasteiger partial charge is 0.209 e. The van der Waals surface area contributed by atoms with Crippen LogP contribution in [-0.2, 0) is 0 Å². The molecule has 1 rings (SSSR count). The van der Waals surface area contributed by atoms with E-state index in [2.05, 4.69) is 5.16 Å². The predicted molar refractivity (Wildman–Crippen MR) is 38.7 cm³/mol. The molecule has 0 amide bonds. The van der Waals surface area contributed by atoms with E-state index in [4.69, 9.17) is 10.6 Å². The van der Waals surface area contributed by atoms with Crippen LogP contribution >= 0.6 is 0 Å². The number of para-hydroxylation sites is 1. The van der Waals surface area contributed by atoms with Crippen LogP contribution in [0.15, 0.2) is 35.5 Å². The lowest BCUT2D eigenvalue weighted by Gasteiger charge is -1.93. The van der Waals surface area contributed by atoms with E-state index in [1.165, 1.54) is 0 Å². The third-order valence-electron chi connectivity index (χ3n) is 0.947. The van der Waals surface area contributed by atoms with E-state index in [-0.39, 0.29) is 0 Å².